The third-order valence-corrected chi connectivity index (χ3v) is 4.83. The summed E-state index contributed by atoms with van der Waals surface area (Å²) in [4.78, 5) is 12.1. The lowest BCUT2D eigenvalue weighted by Crippen LogP contribution is -2.06. The molecule has 0 N–H and O–H groups in total. The molecule has 0 saturated carbocycles. The summed E-state index contributed by atoms with van der Waals surface area (Å²) >= 11 is 8.28. The van der Waals surface area contributed by atoms with E-state index in [1.807, 2.05) is 23.0 Å². The van der Waals surface area contributed by atoms with Crippen LogP contribution >= 0.6 is 43.2 Å². The summed E-state index contributed by atoms with van der Waals surface area (Å²) in [5, 5.41) is 4.38. The minimum atomic E-state index is 0.0813. The maximum atomic E-state index is 12.1. The van der Waals surface area contributed by atoms with Crippen LogP contribution in [0.5, 0.6) is 0 Å². The second kappa shape index (κ2) is 5.67. The van der Waals surface area contributed by atoms with Crippen LogP contribution in [0.1, 0.15) is 35.9 Å². The Labute approximate surface area is 126 Å². The van der Waals surface area contributed by atoms with Crippen LogP contribution in [0.25, 0.3) is 0 Å². The summed E-state index contributed by atoms with van der Waals surface area (Å²) < 4.78 is 3.68. The lowest BCUT2D eigenvalue weighted by atomic mass is 10.1. The first-order chi connectivity index (χ1) is 8.47. The maximum absolute atomic E-state index is 12.1. The average molecular weight is 392 g/mol. The van der Waals surface area contributed by atoms with Crippen molar-refractivity contribution in [3.05, 3.63) is 37.2 Å². The summed E-state index contributed by atoms with van der Waals surface area (Å²) in [6.07, 6.45) is 2.24. The molecule has 6 heteroatoms. The molecule has 2 rings (SSSR count). The molecule has 96 valence electrons. The fraction of sp³-hybridized carbons (Fsp3) is 0.333. The normalized spacial score (nSPS) is 11.2. The zero-order valence-corrected chi connectivity index (χ0v) is 14.0. The molecule has 0 amide bonds. The number of ketones is 1. The second-order valence-electron chi connectivity index (χ2n) is 4.22. The Bertz CT molecular complexity index is 574. The number of hydrogen-bond donors (Lipinski definition) is 0. The summed E-state index contributed by atoms with van der Waals surface area (Å²) in [5.41, 5.74) is 1.52. The first-order valence-corrected chi connectivity index (χ1v) is 7.89. The topological polar surface area (TPSA) is 34.9 Å². The molecule has 2 aromatic rings. The third kappa shape index (κ3) is 3.10. The number of nitrogens with zero attached hydrogens (tertiary/aromatic N) is 2. The molecule has 0 aromatic carbocycles. The van der Waals surface area contributed by atoms with Gasteiger partial charge in [-0.15, -0.1) is 11.3 Å². The van der Waals surface area contributed by atoms with Crippen molar-refractivity contribution in [2.45, 2.75) is 26.3 Å². The minimum Gasteiger partial charge on any atom is -0.294 e. The molecule has 0 radical (unpaired) electrons. The monoisotopic (exact) mass is 390 g/mol. The van der Waals surface area contributed by atoms with Crippen molar-refractivity contribution in [1.29, 1.82) is 0 Å². The van der Waals surface area contributed by atoms with Gasteiger partial charge in [0.1, 0.15) is 0 Å². The van der Waals surface area contributed by atoms with Gasteiger partial charge in [-0.1, -0.05) is 0 Å². The van der Waals surface area contributed by atoms with Crippen LogP contribution in [0, 0.1) is 0 Å². The Morgan fingerprint density at radius 2 is 2.22 bits per heavy atom. The van der Waals surface area contributed by atoms with Crippen molar-refractivity contribution < 1.29 is 4.79 Å². The molecule has 0 aliphatic heterocycles. The van der Waals surface area contributed by atoms with E-state index < -0.39 is 0 Å². The first-order valence-electron chi connectivity index (χ1n) is 5.49. The molecule has 2 heterocycles. The van der Waals surface area contributed by atoms with Crippen molar-refractivity contribution in [3.63, 3.8) is 0 Å². The molecule has 18 heavy (non-hydrogen) atoms. The van der Waals surface area contributed by atoms with Gasteiger partial charge in [-0.05, 0) is 57.8 Å². The molecule has 0 aliphatic rings. The van der Waals surface area contributed by atoms with Crippen molar-refractivity contribution in [3.8, 4) is 0 Å². The molecule has 2 aromatic heterocycles. The zero-order valence-electron chi connectivity index (χ0n) is 9.98. The lowest BCUT2D eigenvalue weighted by Gasteiger charge is -2.03. The highest BCUT2D eigenvalue weighted by molar-refractivity contribution is 9.12. The van der Waals surface area contributed by atoms with Gasteiger partial charge in [-0.2, -0.15) is 5.10 Å². The standard InChI is InChI=1S/C12H12Br2N2OS/c1-7(2)16-4-3-8(15-16)5-10(17)9-6-11(13)18-12(9)14/h3-4,6-7H,5H2,1-2H3. The number of halogens is 2. The Morgan fingerprint density at radius 3 is 2.72 bits per heavy atom. The fourth-order valence-electron chi connectivity index (χ4n) is 1.55. The van der Waals surface area contributed by atoms with Gasteiger partial charge in [0.05, 0.1) is 19.7 Å². The number of carbonyl (C=O) groups is 1. The number of rotatable bonds is 4. The van der Waals surface area contributed by atoms with Crippen LogP contribution in [0.4, 0.5) is 0 Å². The van der Waals surface area contributed by atoms with E-state index in [0.717, 1.165) is 13.3 Å². The largest absolute Gasteiger partial charge is 0.294 e. The van der Waals surface area contributed by atoms with Crippen LogP contribution in [-0.2, 0) is 6.42 Å². The molecule has 0 saturated heterocycles. The Balaban J connectivity index is 2.13. The van der Waals surface area contributed by atoms with Crippen molar-refractivity contribution >= 4 is 49.0 Å². The van der Waals surface area contributed by atoms with Gasteiger partial charge >= 0.3 is 0 Å². The maximum Gasteiger partial charge on any atom is 0.170 e. The summed E-state index contributed by atoms with van der Waals surface area (Å²) in [6, 6.07) is 4.06. The third-order valence-electron chi connectivity index (χ3n) is 2.49. The Hall–Kier alpha value is -0.460. The van der Waals surface area contributed by atoms with Crippen molar-refractivity contribution in [2.75, 3.05) is 0 Å². The molecular weight excluding hydrogens is 380 g/mol. The van der Waals surface area contributed by atoms with E-state index in [0.29, 0.717) is 18.0 Å². The van der Waals surface area contributed by atoms with E-state index >= 15 is 0 Å². The first kappa shape index (κ1) is 14.0. The highest BCUT2D eigenvalue weighted by Crippen LogP contribution is 2.32. The van der Waals surface area contributed by atoms with Crippen LogP contribution in [0.3, 0.4) is 0 Å². The van der Waals surface area contributed by atoms with Gasteiger partial charge in [0.15, 0.2) is 5.78 Å². The van der Waals surface area contributed by atoms with E-state index in [4.69, 9.17) is 0 Å². The average Bonchev–Trinajstić information content (AvgIpc) is 2.85. The second-order valence-corrected chi connectivity index (χ2v) is 7.97. The van der Waals surface area contributed by atoms with Crippen molar-refractivity contribution in [1.82, 2.24) is 9.78 Å². The molecule has 3 nitrogen and oxygen atoms in total. The molecule has 0 fully saturated rings. The van der Waals surface area contributed by atoms with Gasteiger partial charge in [0, 0.05) is 17.8 Å². The number of thiophene rings is 1. The molecule has 0 spiro atoms. The van der Waals surface area contributed by atoms with E-state index in [2.05, 4.69) is 50.8 Å². The molecular formula is C12H12Br2N2OS. The highest BCUT2D eigenvalue weighted by atomic mass is 79.9. The van der Waals surface area contributed by atoms with Crippen molar-refractivity contribution in [2.24, 2.45) is 0 Å². The van der Waals surface area contributed by atoms with Gasteiger partial charge in [0.25, 0.3) is 0 Å². The quantitative estimate of drug-likeness (QED) is 0.720. The fourth-order valence-corrected chi connectivity index (χ4v) is 4.41. The van der Waals surface area contributed by atoms with E-state index in [1.165, 1.54) is 11.3 Å². The van der Waals surface area contributed by atoms with Gasteiger partial charge in [-0.3, -0.25) is 9.48 Å². The Morgan fingerprint density at radius 1 is 1.50 bits per heavy atom. The lowest BCUT2D eigenvalue weighted by molar-refractivity contribution is 0.0991. The van der Waals surface area contributed by atoms with Crippen LogP contribution in [0.15, 0.2) is 25.9 Å². The van der Waals surface area contributed by atoms with Gasteiger partial charge in [-0.25, -0.2) is 0 Å². The van der Waals surface area contributed by atoms with E-state index in [1.54, 1.807) is 0 Å². The summed E-state index contributed by atoms with van der Waals surface area (Å²) in [7, 11) is 0. The van der Waals surface area contributed by atoms with Crippen LogP contribution < -0.4 is 0 Å². The predicted octanol–water partition coefficient (Wildman–Crippen LogP) is 4.48. The van der Waals surface area contributed by atoms with Gasteiger partial charge in [0.2, 0.25) is 0 Å². The van der Waals surface area contributed by atoms with Gasteiger partial charge < -0.3 is 0 Å². The van der Waals surface area contributed by atoms with E-state index in [-0.39, 0.29) is 5.78 Å². The molecule has 0 atom stereocenters. The SMILES string of the molecule is CC(C)n1ccc(CC(=O)c2cc(Br)sc2Br)n1. The van der Waals surface area contributed by atoms with E-state index in [9.17, 15) is 4.79 Å². The number of Topliss-reactive ketones (excluding diaryl/α,β-unsaturated/α-hetero) is 1. The number of carbonyl (C=O) groups excluding carboxylic acids is 1. The van der Waals surface area contributed by atoms with Crippen LogP contribution in [-0.4, -0.2) is 15.6 Å². The Kier molecular flexibility index (Phi) is 4.40. The smallest absolute Gasteiger partial charge is 0.170 e. The minimum absolute atomic E-state index is 0.0813. The molecule has 0 aliphatic carbocycles. The summed E-state index contributed by atoms with van der Waals surface area (Å²) in [5.74, 6) is 0.0813. The molecule has 0 unspecified atom stereocenters. The predicted molar refractivity (Wildman–Crippen MR) is 80.4 cm³/mol. The molecule has 0 bridgehead atoms. The van der Waals surface area contributed by atoms with Crippen LogP contribution in [0.2, 0.25) is 0 Å². The highest BCUT2D eigenvalue weighted by Gasteiger charge is 2.15. The number of hydrogen-bond acceptors (Lipinski definition) is 3. The number of aromatic nitrogens is 2. The summed E-state index contributed by atoms with van der Waals surface area (Å²) in [6.45, 7) is 4.12. The zero-order chi connectivity index (χ0) is 13.3.